The summed E-state index contributed by atoms with van der Waals surface area (Å²) in [7, 11) is -3.66. The topological polar surface area (TPSA) is 88.2 Å². The van der Waals surface area contributed by atoms with Crippen molar-refractivity contribution in [2.45, 2.75) is 17.1 Å². The molecule has 0 unspecified atom stereocenters. The van der Waals surface area contributed by atoms with Crippen molar-refractivity contribution in [3.8, 4) is 0 Å². The quantitative estimate of drug-likeness (QED) is 0.817. The normalized spacial score (nSPS) is 15.2. The van der Waals surface area contributed by atoms with Crippen LogP contribution in [0.2, 0.25) is 0 Å². The number of hydrogen-bond donors (Lipinski definition) is 2. The molecule has 0 saturated heterocycles. The maximum absolute atomic E-state index is 12.2. The number of hydrogen-bond acceptors (Lipinski definition) is 6. The molecule has 1 aliphatic rings. The third kappa shape index (κ3) is 3.12. The number of amides is 1. The van der Waals surface area contributed by atoms with Gasteiger partial charge in [-0.15, -0.1) is 11.3 Å². The van der Waals surface area contributed by atoms with Crippen molar-refractivity contribution < 1.29 is 13.2 Å². The summed E-state index contributed by atoms with van der Waals surface area (Å²) < 4.78 is 27.8. The number of thiazole rings is 1. The summed E-state index contributed by atoms with van der Waals surface area (Å²) in [6.07, 6.45) is 1.46. The first kappa shape index (κ1) is 14.9. The number of anilines is 1. The summed E-state index contributed by atoms with van der Waals surface area (Å²) in [5, 5.41) is 2.99. The van der Waals surface area contributed by atoms with Gasteiger partial charge in [-0.05, 0) is 40.9 Å². The molecule has 2 aromatic heterocycles. The molecule has 1 amide bonds. The average Bonchev–Trinajstić information content (AvgIpc) is 2.97. The Balaban J connectivity index is 1.89. The van der Waals surface area contributed by atoms with Crippen LogP contribution < -0.4 is 10.0 Å². The van der Waals surface area contributed by atoms with E-state index in [1.54, 1.807) is 6.07 Å². The van der Waals surface area contributed by atoms with Crippen LogP contribution in [0.4, 0.5) is 5.13 Å². The second-order valence-electron chi connectivity index (χ2n) is 4.32. The number of sulfonamides is 1. The van der Waals surface area contributed by atoms with Gasteiger partial charge in [-0.2, -0.15) is 0 Å². The number of aromatic nitrogens is 1. The minimum absolute atomic E-state index is 0.190. The van der Waals surface area contributed by atoms with Crippen molar-refractivity contribution in [2.75, 3.05) is 11.3 Å². The van der Waals surface area contributed by atoms with Gasteiger partial charge in [0, 0.05) is 6.54 Å². The van der Waals surface area contributed by atoms with Gasteiger partial charge in [-0.25, -0.2) is 13.4 Å². The van der Waals surface area contributed by atoms with E-state index in [-0.39, 0.29) is 15.2 Å². The fourth-order valence-electron chi connectivity index (χ4n) is 1.89. The highest BCUT2D eigenvalue weighted by molar-refractivity contribution is 9.11. The van der Waals surface area contributed by atoms with Gasteiger partial charge in [0.2, 0.25) is 0 Å². The highest BCUT2D eigenvalue weighted by Crippen LogP contribution is 2.30. The first-order valence-corrected chi connectivity index (χ1v) is 9.93. The van der Waals surface area contributed by atoms with E-state index in [9.17, 15) is 13.2 Å². The molecule has 0 aromatic carbocycles. The zero-order valence-corrected chi connectivity index (χ0v) is 14.6. The van der Waals surface area contributed by atoms with Crippen molar-refractivity contribution in [3.05, 3.63) is 26.5 Å². The Labute approximate surface area is 137 Å². The Morgan fingerprint density at radius 2 is 2.14 bits per heavy atom. The maximum Gasteiger partial charge on any atom is 0.273 e. The largest absolute Gasteiger partial charge is 0.351 e. The van der Waals surface area contributed by atoms with Crippen molar-refractivity contribution in [1.29, 1.82) is 0 Å². The molecule has 0 radical (unpaired) electrons. The van der Waals surface area contributed by atoms with E-state index in [0.29, 0.717) is 23.5 Å². The fraction of sp³-hybridized carbons (Fsp3) is 0.273. The smallest absolute Gasteiger partial charge is 0.273 e. The van der Waals surface area contributed by atoms with Crippen LogP contribution in [0.5, 0.6) is 0 Å². The SMILES string of the molecule is O=C1NCCCc2nc(NS(=O)(=O)c3ccc(Br)s3)sc21. The molecule has 2 N–H and O–H groups in total. The van der Waals surface area contributed by atoms with Crippen LogP contribution in [0.3, 0.4) is 0 Å². The summed E-state index contributed by atoms with van der Waals surface area (Å²) in [6.45, 7) is 0.617. The molecule has 1 aliphatic heterocycles. The van der Waals surface area contributed by atoms with Gasteiger partial charge in [0.1, 0.15) is 9.09 Å². The zero-order valence-electron chi connectivity index (χ0n) is 10.6. The molecule has 0 bridgehead atoms. The monoisotopic (exact) mass is 407 g/mol. The molecule has 2 aromatic rings. The minimum atomic E-state index is -3.66. The number of rotatable bonds is 3. The number of thiophene rings is 1. The molecule has 10 heteroatoms. The molecule has 0 saturated carbocycles. The molecule has 0 atom stereocenters. The highest BCUT2D eigenvalue weighted by atomic mass is 79.9. The van der Waals surface area contributed by atoms with Gasteiger partial charge in [0.15, 0.2) is 5.13 Å². The van der Waals surface area contributed by atoms with Crippen LogP contribution in [0.25, 0.3) is 0 Å². The molecule has 3 heterocycles. The highest BCUT2D eigenvalue weighted by Gasteiger charge is 2.24. The Morgan fingerprint density at radius 1 is 1.33 bits per heavy atom. The van der Waals surface area contributed by atoms with Gasteiger partial charge < -0.3 is 5.32 Å². The average molecular weight is 408 g/mol. The maximum atomic E-state index is 12.2. The predicted molar refractivity (Wildman–Crippen MR) is 85.6 cm³/mol. The third-order valence-corrected chi connectivity index (χ3v) is 7.41. The van der Waals surface area contributed by atoms with Crippen molar-refractivity contribution in [2.24, 2.45) is 0 Å². The van der Waals surface area contributed by atoms with E-state index in [1.807, 2.05) is 0 Å². The third-order valence-electron chi connectivity index (χ3n) is 2.81. The number of aryl methyl sites for hydroxylation is 1. The zero-order chi connectivity index (χ0) is 15.0. The van der Waals surface area contributed by atoms with Gasteiger partial charge in [-0.1, -0.05) is 11.3 Å². The van der Waals surface area contributed by atoms with Crippen molar-refractivity contribution in [3.63, 3.8) is 0 Å². The van der Waals surface area contributed by atoms with E-state index in [4.69, 9.17) is 0 Å². The van der Waals surface area contributed by atoms with Crippen LogP contribution in [0.15, 0.2) is 20.1 Å². The van der Waals surface area contributed by atoms with Gasteiger partial charge in [0.25, 0.3) is 15.9 Å². The predicted octanol–water partition coefficient (Wildman–Crippen LogP) is 2.44. The molecule has 0 aliphatic carbocycles. The molecule has 6 nitrogen and oxygen atoms in total. The van der Waals surface area contributed by atoms with E-state index < -0.39 is 10.0 Å². The number of fused-ring (bicyclic) bond motifs is 1. The lowest BCUT2D eigenvalue weighted by Gasteiger charge is -2.02. The second kappa shape index (κ2) is 5.67. The molecular formula is C11H10BrN3O3S3. The van der Waals surface area contributed by atoms with E-state index in [2.05, 4.69) is 31.0 Å². The number of carbonyl (C=O) groups excluding carboxylic acids is 1. The van der Waals surface area contributed by atoms with Crippen LogP contribution >= 0.6 is 38.6 Å². The summed E-state index contributed by atoms with van der Waals surface area (Å²) in [4.78, 5) is 16.6. The first-order chi connectivity index (χ1) is 9.95. The Morgan fingerprint density at radius 3 is 2.86 bits per heavy atom. The number of nitrogens with zero attached hydrogens (tertiary/aromatic N) is 1. The number of halogens is 1. The lowest BCUT2D eigenvalue weighted by atomic mass is 10.2. The van der Waals surface area contributed by atoms with Crippen LogP contribution in [0, 0.1) is 0 Å². The standard InChI is InChI=1S/C11H10BrN3O3S3/c12-7-3-4-8(19-7)21(17,18)15-11-14-6-2-1-5-13-10(16)9(6)20-11/h3-4H,1-2,5H2,(H,13,16)(H,14,15). The lowest BCUT2D eigenvalue weighted by molar-refractivity contribution is 0.0960. The molecular weight excluding hydrogens is 398 g/mol. The molecule has 112 valence electrons. The van der Waals surface area contributed by atoms with Crippen molar-refractivity contribution >= 4 is 59.7 Å². The minimum Gasteiger partial charge on any atom is -0.351 e. The molecule has 0 fully saturated rings. The van der Waals surface area contributed by atoms with Crippen molar-refractivity contribution in [1.82, 2.24) is 10.3 Å². The summed E-state index contributed by atoms with van der Waals surface area (Å²) in [5.41, 5.74) is 0.653. The van der Waals surface area contributed by atoms with E-state index in [1.165, 1.54) is 6.07 Å². The van der Waals surface area contributed by atoms with Gasteiger partial charge >= 0.3 is 0 Å². The molecule has 0 spiro atoms. The molecule has 21 heavy (non-hydrogen) atoms. The molecule has 3 rings (SSSR count). The number of nitrogens with one attached hydrogen (secondary N) is 2. The Bertz CT molecular complexity index is 797. The fourth-order valence-corrected chi connectivity index (χ4v) is 6.06. The Hall–Kier alpha value is -0.970. The van der Waals surface area contributed by atoms with Crippen LogP contribution in [-0.4, -0.2) is 25.9 Å². The van der Waals surface area contributed by atoms with Crippen LogP contribution in [0.1, 0.15) is 21.8 Å². The summed E-state index contributed by atoms with van der Waals surface area (Å²) in [5.74, 6) is -0.190. The second-order valence-corrected chi connectivity index (χ2v) is 9.69. The van der Waals surface area contributed by atoms with Crippen LogP contribution in [-0.2, 0) is 16.4 Å². The number of carbonyl (C=O) groups is 1. The lowest BCUT2D eigenvalue weighted by Crippen LogP contribution is -2.21. The Kier molecular flexibility index (Phi) is 4.04. The van der Waals surface area contributed by atoms with Gasteiger partial charge in [0.05, 0.1) is 9.48 Å². The first-order valence-electron chi connectivity index (χ1n) is 6.02. The summed E-state index contributed by atoms with van der Waals surface area (Å²) >= 11 is 5.41. The van der Waals surface area contributed by atoms with E-state index >= 15 is 0 Å². The van der Waals surface area contributed by atoms with E-state index in [0.717, 1.165) is 32.9 Å². The summed E-state index contributed by atoms with van der Waals surface area (Å²) in [6, 6.07) is 3.19. The van der Waals surface area contributed by atoms with Gasteiger partial charge in [-0.3, -0.25) is 9.52 Å².